The number of aliphatic hydroxyl groups is 8. The molecular weight excluding hydrogens is 528 g/mol. The Labute approximate surface area is 224 Å². The summed E-state index contributed by atoms with van der Waals surface area (Å²) in [6.07, 6.45) is -13.8. The van der Waals surface area contributed by atoms with E-state index in [1.807, 2.05) is 0 Å². The van der Waals surface area contributed by atoms with Gasteiger partial charge in [0.05, 0.1) is 41.2 Å². The fraction of sp³-hybridized carbons (Fsp3) is 0.625. The fourth-order valence-electron chi connectivity index (χ4n) is 3.88. The van der Waals surface area contributed by atoms with Crippen LogP contribution in [0.25, 0.3) is 6.08 Å². The SMILES string of the molecule is COc1ccc(/C=C/C(=O)O[C@@H]([C@H](O[C@H]2O[C@H](CO)[C@@H](O)[C@H](O)[C@H]2O)[C@H](O)CO)[C@@H](O)CO)c(OC)c1OC. The van der Waals surface area contributed by atoms with Gasteiger partial charge in [0.15, 0.2) is 23.9 Å². The second-order valence-corrected chi connectivity index (χ2v) is 8.46. The molecule has 1 aliphatic heterocycles. The Morgan fingerprint density at radius 2 is 1.51 bits per heavy atom. The van der Waals surface area contributed by atoms with Gasteiger partial charge >= 0.3 is 5.97 Å². The molecule has 0 saturated carbocycles. The van der Waals surface area contributed by atoms with E-state index in [-0.39, 0.29) is 11.5 Å². The third-order valence-corrected chi connectivity index (χ3v) is 5.98. The van der Waals surface area contributed by atoms with E-state index in [0.29, 0.717) is 11.3 Å². The van der Waals surface area contributed by atoms with Crippen molar-refractivity contribution in [3.05, 3.63) is 23.8 Å². The van der Waals surface area contributed by atoms with Crippen LogP contribution < -0.4 is 14.2 Å². The normalized spacial score (nSPS) is 26.5. The van der Waals surface area contributed by atoms with Crippen LogP contribution in [0.5, 0.6) is 17.2 Å². The van der Waals surface area contributed by atoms with Gasteiger partial charge in [-0.3, -0.25) is 0 Å². The molecule has 15 heteroatoms. The number of ether oxygens (including phenoxy) is 6. The molecule has 222 valence electrons. The molecule has 1 saturated heterocycles. The summed E-state index contributed by atoms with van der Waals surface area (Å²) in [5.74, 6) is -0.237. The maximum atomic E-state index is 12.7. The second-order valence-electron chi connectivity index (χ2n) is 8.46. The van der Waals surface area contributed by atoms with Crippen molar-refractivity contribution in [2.24, 2.45) is 0 Å². The van der Waals surface area contributed by atoms with Crippen LogP contribution in [0.1, 0.15) is 5.56 Å². The predicted octanol–water partition coefficient (Wildman–Crippen LogP) is -3.47. The van der Waals surface area contributed by atoms with Gasteiger partial charge in [-0.05, 0) is 18.2 Å². The van der Waals surface area contributed by atoms with Crippen LogP contribution >= 0.6 is 0 Å². The van der Waals surface area contributed by atoms with E-state index in [1.165, 1.54) is 27.4 Å². The first kappa shape index (κ1) is 32.6. The number of hydrogen-bond donors (Lipinski definition) is 8. The highest BCUT2D eigenvalue weighted by Crippen LogP contribution is 2.40. The Morgan fingerprint density at radius 3 is 2.05 bits per heavy atom. The Hall–Kier alpha value is -2.57. The molecule has 0 radical (unpaired) electrons. The van der Waals surface area contributed by atoms with Crippen molar-refractivity contribution < 1.29 is 74.1 Å². The number of benzene rings is 1. The van der Waals surface area contributed by atoms with Gasteiger partial charge in [-0.25, -0.2) is 4.79 Å². The summed E-state index contributed by atoms with van der Waals surface area (Å²) in [6, 6.07) is 3.12. The predicted molar refractivity (Wildman–Crippen MR) is 130 cm³/mol. The number of methoxy groups -OCH3 is 3. The first-order valence-electron chi connectivity index (χ1n) is 11.8. The summed E-state index contributed by atoms with van der Waals surface area (Å²) in [5, 5.41) is 79.4. The fourth-order valence-corrected chi connectivity index (χ4v) is 3.88. The highest BCUT2D eigenvalue weighted by molar-refractivity contribution is 5.88. The molecule has 1 aliphatic rings. The van der Waals surface area contributed by atoms with Crippen molar-refractivity contribution in [3.8, 4) is 17.2 Å². The topological polar surface area (TPSA) is 234 Å². The van der Waals surface area contributed by atoms with E-state index >= 15 is 0 Å². The highest BCUT2D eigenvalue weighted by Gasteiger charge is 2.47. The summed E-state index contributed by atoms with van der Waals surface area (Å²) >= 11 is 0. The van der Waals surface area contributed by atoms with Gasteiger partial charge in [-0.2, -0.15) is 0 Å². The Morgan fingerprint density at radius 1 is 0.897 bits per heavy atom. The molecule has 9 atom stereocenters. The maximum absolute atomic E-state index is 12.7. The molecule has 1 heterocycles. The van der Waals surface area contributed by atoms with Crippen molar-refractivity contribution in [1.29, 1.82) is 0 Å². The first-order chi connectivity index (χ1) is 18.6. The first-order valence-corrected chi connectivity index (χ1v) is 11.8. The Bertz CT molecular complexity index is 938. The van der Waals surface area contributed by atoms with Crippen LogP contribution in [0.3, 0.4) is 0 Å². The standard InChI is InChI=1S/C24H36O15/c1-34-14-6-4-11(20(35-2)23(14)36-3)5-7-16(30)38-21(12(28)8-25)22(13(29)9-26)39-24-19(33)18(32)17(31)15(10-27)37-24/h4-7,12-13,15,17-19,21-22,24-29,31-33H,8-10H2,1-3H3/b7-5+/t12-,13+,15+,17+,18-,19+,21+,22+,24+/m0/s1. The lowest BCUT2D eigenvalue weighted by molar-refractivity contribution is -0.327. The van der Waals surface area contributed by atoms with E-state index in [4.69, 9.17) is 28.4 Å². The Kier molecular flexibility index (Phi) is 12.8. The Balaban J connectivity index is 2.32. The summed E-state index contributed by atoms with van der Waals surface area (Å²) < 4.78 is 31.8. The van der Waals surface area contributed by atoms with E-state index < -0.39 is 80.9 Å². The molecule has 2 rings (SSSR count). The van der Waals surface area contributed by atoms with Gasteiger partial charge in [0.1, 0.15) is 42.7 Å². The monoisotopic (exact) mass is 564 g/mol. The van der Waals surface area contributed by atoms with Crippen LogP contribution in [-0.4, -0.2) is 143 Å². The largest absolute Gasteiger partial charge is 0.493 e. The zero-order chi connectivity index (χ0) is 29.3. The van der Waals surface area contributed by atoms with Crippen LogP contribution in [0, 0.1) is 0 Å². The number of aliphatic hydroxyl groups excluding tert-OH is 8. The molecule has 15 nitrogen and oxygen atoms in total. The minimum atomic E-state index is -1.91. The average Bonchev–Trinajstić information content (AvgIpc) is 2.95. The van der Waals surface area contributed by atoms with Gasteiger partial charge < -0.3 is 69.3 Å². The molecule has 0 unspecified atom stereocenters. The van der Waals surface area contributed by atoms with Crippen LogP contribution in [-0.2, 0) is 19.0 Å². The summed E-state index contributed by atoms with van der Waals surface area (Å²) in [5.41, 5.74) is 0.371. The molecule has 1 fully saturated rings. The minimum Gasteiger partial charge on any atom is -0.493 e. The molecule has 0 aliphatic carbocycles. The molecule has 39 heavy (non-hydrogen) atoms. The second kappa shape index (κ2) is 15.3. The molecule has 1 aromatic carbocycles. The lowest BCUT2D eigenvalue weighted by Crippen LogP contribution is -2.62. The molecule has 1 aromatic rings. The number of carbonyl (C=O) groups is 1. The zero-order valence-corrected chi connectivity index (χ0v) is 21.6. The van der Waals surface area contributed by atoms with Crippen LogP contribution in [0.4, 0.5) is 0 Å². The molecule has 0 bridgehead atoms. The molecule has 0 aromatic heterocycles. The van der Waals surface area contributed by atoms with Crippen molar-refractivity contribution >= 4 is 12.0 Å². The van der Waals surface area contributed by atoms with Crippen LogP contribution in [0.2, 0.25) is 0 Å². The lowest BCUT2D eigenvalue weighted by atomic mass is 9.98. The molecule has 0 amide bonds. The van der Waals surface area contributed by atoms with E-state index in [2.05, 4.69) is 0 Å². The van der Waals surface area contributed by atoms with Gasteiger partial charge in [0, 0.05) is 11.6 Å². The minimum absolute atomic E-state index is 0.229. The quantitative estimate of drug-likeness (QED) is 0.0810. The molecule has 0 spiro atoms. The lowest BCUT2D eigenvalue weighted by Gasteiger charge is -2.42. The number of rotatable bonds is 14. The highest BCUT2D eigenvalue weighted by atomic mass is 16.7. The van der Waals surface area contributed by atoms with Crippen molar-refractivity contribution in [1.82, 2.24) is 0 Å². The zero-order valence-electron chi connectivity index (χ0n) is 21.6. The van der Waals surface area contributed by atoms with Crippen molar-refractivity contribution in [3.63, 3.8) is 0 Å². The van der Waals surface area contributed by atoms with Gasteiger partial charge in [0.2, 0.25) is 5.75 Å². The van der Waals surface area contributed by atoms with Crippen molar-refractivity contribution in [2.45, 2.75) is 55.1 Å². The van der Waals surface area contributed by atoms with E-state index in [1.54, 1.807) is 12.1 Å². The van der Waals surface area contributed by atoms with E-state index in [9.17, 15) is 45.6 Å². The maximum Gasteiger partial charge on any atom is 0.331 e. The summed E-state index contributed by atoms with van der Waals surface area (Å²) in [4.78, 5) is 12.7. The number of carbonyl (C=O) groups excluding carboxylic acids is 1. The molecular formula is C24H36O15. The average molecular weight is 565 g/mol. The number of hydrogen-bond acceptors (Lipinski definition) is 15. The molecule has 8 N–H and O–H groups in total. The van der Waals surface area contributed by atoms with Gasteiger partial charge in [0.25, 0.3) is 0 Å². The van der Waals surface area contributed by atoms with Gasteiger partial charge in [-0.15, -0.1) is 0 Å². The van der Waals surface area contributed by atoms with Gasteiger partial charge in [-0.1, -0.05) is 0 Å². The van der Waals surface area contributed by atoms with E-state index in [0.717, 1.165) is 6.08 Å². The summed E-state index contributed by atoms with van der Waals surface area (Å²) in [6.45, 7) is -2.73. The third-order valence-electron chi connectivity index (χ3n) is 5.98. The summed E-state index contributed by atoms with van der Waals surface area (Å²) in [7, 11) is 4.20. The van der Waals surface area contributed by atoms with Crippen LogP contribution in [0.15, 0.2) is 18.2 Å². The smallest absolute Gasteiger partial charge is 0.331 e. The number of esters is 1. The van der Waals surface area contributed by atoms with Crippen molar-refractivity contribution in [2.75, 3.05) is 41.2 Å². The third kappa shape index (κ3) is 7.76.